The number of ether oxygens (including phenoxy) is 1. The molecule has 2 N–H and O–H groups in total. The molecule has 4 heteroatoms. The maximum atomic E-state index is 12.5. The molecule has 1 amide bonds. The molecule has 2 atom stereocenters. The normalized spacial score (nSPS) is 20.3. The van der Waals surface area contributed by atoms with Gasteiger partial charge in [-0.25, -0.2) is 0 Å². The second-order valence-electron chi connectivity index (χ2n) is 6.78. The van der Waals surface area contributed by atoms with Crippen LogP contribution in [0.5, 0.6) is 5.75 Å². The molecule has 132 valence electrons. The molecule has 2 aromatic rings. The number of amides is 1. The highest BCUT2D eigenvalue weighted by atomic mass is 16.5. The maximum absolute atomic E-state index is 12.5. The molecule has 4 nitrogen and oxygen atoms in total. The van der Waals surface area contributed by atoms with Gasteiger partial charge in [0.05, 0.1) is 0 Å². The van der Waals surface area contributed by atoms with E-state index in [0.717, 1.165) is 37.1 Å². The predicted molar refractivity (Wildman–Crippen MR) is 99.6 cm³/mol. The Morgan fingerprint density at radius 1 is 1.16 bits per heavy atom. The van der Waals surface area contributed by atoms with E-state index in [1.807, 2.05) is 41.3 Å². The summed E-state index contributed by atoms with van der Waals surface area (Å²) in [6.45, 7) is 2.85. The van der Waals surface area contributed by atoms with Gasteiger partial charge in [-0.15, -0.1) is 0 Å². The third-order valence-corrected chi connectivity index (χ3v) is 4.80. The van der Waals surface area contributed by atoms with Crippen LogP contribution in [0.25, 0.3) is 0 Å². The van der Waals surface area contributed by atoms with E-state index in [9.17, 15) is 4.79 Å². The molecular formula is C21H26N2O2. The lowest BCUT2D eigenvalue weighted by molar-refractivity contribution is -0.136. The number of carbonyl (C=O) groups is 1. The summed E-state index contributed by atoms with van der Waals surface area (Å²) in [5.41, 5.74) is 8.29. The van der Waals surface area contributed by atoms with E-state index < -0.39 is 0 Å². The van der Waals surface area contributed by atoms with Crippen molar-refractivity contribution in [2.75, 3.05) is 13.2 Å². The number of hydrogen-bond donors (Lipinski definition) is 1. The van der Waals surface area contributed by atoms with Crippen LogP contribution in [0.2, 0.25) is 0 Å². The second kappa shape index (κ2) is 8.17. The van der Waals surface area contributed by atoms with Crippen molar-refractivity contribution >= 4 is 5.91 Å². The molecule has 2 aromatic carbocycles. The Morgan fingerprint density at radius 2 is 1.88 bits per heavy atom. The minimum atomic E-state index is 0.0360. The minimum absolute atomic E-state index is 0.0360. The lowest BCUT2D eigenvalue weighted by atomic mass is 9.99. The molecule has 0 bridgehead atoms. The van der Waals surface area contributed by atoms with Crippen molar-refractivity contribution in [3.8, 4) is 5.75 Å². The van der Waals surface area contributed by atoms with E-state index in [1.54, 1.807) is 0 Å². The summed E-state index contributed by atoms with van der Waals surface area (Å²) in [4.78, 5) is 14.4. The Morgan fingerprint density at radius 3 is 2.64 bits per heavy atom. The fraction of sp³-hybridized carbons (Fsp3) is 0.381. The lowest BCUT2D eigenvalue weighted by Gasteiger charge is -2.36. The van der Waals surface area contributed by atoms with Gasteiger partial charge in [-0.3, -0.25) is 4.79 Å². The molecule has 1 fully saturated rings. The average molecular weight is 338 g/mol. The largest absolute Gasteiger partial charge is 0.483 e. The average Bonchev–Trinajstić information content (AvgIpc) is 2.61. The summed E-state index contributed by atoms with van der Waals surface area (Å²) in [5, 5.41) is 0. The highest BCUT2D eigenvalue weighted by Crippen LogP contribution is 2.22. The summed E-state index contributed by atoms with van der Waals surface area (Å²) < 4.78 is 5.88. The number of piperidine rings is 1. The van der Waals surface area contributed by atoms with E-state index in [1.165, 1.54) is 5.56 Å². The Hall–Kier alpha value is -2.33. The van der Waals surface area contributed by atoms with Crippen LogP contribution in [0.15, 0.2) is 54.6 Å². The van der Waals surface area contributed by atoms with Gasteiger partial charge in [0.15, 0.2) is 6.61 Å². The number of nitrogens with zero attached hydrogens (tertiary/aromatic N) is 1. The van der Waals surface area contributed by atoms with Crippen molar-refractivity contribution in [3.05, 3.63) is 65.7 Å². The van der Waals surface area contributed by atoms with Crippen LogP contribution in [-0.2, 0) is 11.2 Å². The number of nitrogens with two attached hydrogens (primary N) is 1. The predicted octanol–water partition coefficient (Wildman–Crippen LogP) is 2.99. The number of hydrogen-bond acceptors (Lipinski definition) is 3. The van der Waals surface area contributed by atoms with Crippen molar-refractivity contribution < 1.29 is 9.53 Å². The van der Waals surface area contributed by atoms with Crippen molar-refractivity contribution in [1.82, 2.24) is 4.90 Å². The topological polar surface area (TPSA) is 55.6 Å². The zero-order valence-electron chi connectivity index (χ0n) is 14.7. The highest BCUT2D eigenvalue weighted by Gasteiger charge is 2.27. The van der Waals surface area contributed by atoms with Crippen molar-refractivity contribution in [2.24, 2.45) is 5.73 Å². The molecule has 3 rings (SSSR count). The molecule has 0 spiro atoms. The Kier molecular flexibility index (Phi) is 5.71. The molecule has 0 radical (unpaired) electrons. The van der Waals surface area contributed by atoms with Gasteiger partial charge in [0.25, 0.3) is 5.91 Å². The van der Waals surface area contributed by atoms with Crippen LogP contribution < -0.4 is 10.5 Å². The summed E-state index contributed by atoms with van der Waals surface area (Å²) in [6, 6.07) is 18.6. The van der Waals surface area contributed by atoms with E-state index in [0.29, 0.717) is 0 Å². The smallest absolute Gasteiger partial charge is 0.260 e. The molecule has 25 heavy (non-hydrogen) atoms. The van der Waals surface area contributed by atoms with Crippen LogP contribution >= 0.6 is 0 Å². The van der Waals surface area contributed by atoms with Crippen LogP contribution in [0, 0.1) is 0 Å². The van der Waals surface area contributed by atoms with Crippen molar-refractivity contribution in [3.63, 3.8) is 0 Å². The van der Waals surface area contributed by atoms with Gasteiger partial charge in [-0.05, 0) is 37.0 Å². The van der Waals surface area contributed by atoms with Gasteiger partial charge < -0.3 is 15.4 Å². The monoisotopic (exact) mass is 338 g/mol. The molecule has 1 aliphatic heterocycles. The first kappa shape index (κ1) is 17.5. The molecule has 0 unspecified atom stereocenters. The molecule has 1 saturated heterocycles. The van der Waals surface area contributed by atoms with Crippen LogP contribution in [0.3, 0.4) is 0 Å². The van der Waals surface area contributed by atoms with Gasteiger partial charge in [-0.2, -0.15) is 0 Å². The van der Waals surface area contributed by atoms with E-state index in [-0.39, 0.29) is 24.6 Å². The van der Waals surface area contributed by atoms with E-state index in [2.05, 4.69) is 25.1 Å². The third kappa shape index (κ3) is 4.60. The Labute approximate surface area is 149 Å². The van der Waals surface area contributed by atoms with E-state index >= 15 is 0 Å². The fourth-order valence-electron chi connectivity index (χ4n) is 3.41. The summed E-state index contributed by atoms with van der Waals surface area (Å²) in [5.74, 6) is 0.815. The van der Waals surface area contributed by atoms with Crippen LogP contribution in [-0.4, -0.2) is 36.0 Å². The van der Waals surface area contributed by atoms with Gasteiger partial charge in [0, 0.05) is 25.0 Å². The summed E-state index contributed by atoms with van der Waals surface area (Å²) >= 11 is 0. The first-order valence-corrected chi connectivity index (χ1v) is 8.93. The Bertz CT molecular complexity index is 702. The molecule has 0 aromatic heterocycles. The number of benzene rings is 2. The van der Waals surface area contributed by atoms with Crippen molar-refractivity contribution in [2.45, 2.75) is 38.3 Å². The first-order chi connectivity index (χ1) is 12.1. The number of para-hydroxylation sites is 1. The number of rotatable bonds is 5. The highest BCUT2D eigenvalue weighted by molar-refractivity contribution is 5.78. The van der Waals surface area contributed by atoms with Gasteiger partial charge in [0.2, 0.25) is 0 Å². The summed E-state index contributed by atoms with van der Waals surface area (Å²) in [7, 11) is 0. The molecule has 0 saturated carbocycles. The van der Waals surface area contributed by atoms with E-state index in [4.69, 9.17) is 10.5 Å². The number of carbonyl (C=O) groups excluding carboxylic acids is 1. The maximum Gasteiger partial charge on any atom is 0.260 e. The molecule has 1 aliphatic rings. The molecule has 0 aliphatic carbocycles. The van der Waals surface area contributed by atoms with Gasteiger partial charge in [-0.1, -0.05) is 48.5 Å². The number of likely N-dealkylation sites (tertiary alicyclic amines) is 1. The Balaban J connectivity index is 1.62. The third-order valence-electron chi connectivity index (χ3n) is 4.80. The van der Waals surface area contributed by atoms with Crippen molar-refractivity contribution in [1.29, 1.82) is 0 Å². The van der Waals surface area contributed by atoms with Gasteiger partial charge in [0.1, 0.15) is 5.75 Å². The van der Waals surface area contributed by atoms with Crippen LogP contribution in [0.4, 0.5) is 0 Å². The zero-order chi connectivity index (χ0) is 17.6. The molecular weight excluding hydrogens is 312 g/mol. The second-order valence-corrected chi connectivity index (χ2v) is 6.78. The SMILES string of the molecule is C[C@@H]1C[C@H](N)CCN1C(=O)COc1ccccc1Cc1ccccc1. The standard InChI is InChI=1S/C21H26N2O2/c1-16-13-19(22)11-12-23(16)21(24)15-25-20-10-6-5-9-18(20)14-17-7-3-2-4-8-17/h2-10,16,19H,11-15,22H2,1H3/t16-,19-/m1/s1. The quantitative estimate of drug-likeness (QED) is 0.912. The lowest BCUT2D eigenvalue weighted by Crippen LogP contribution is -2.49. The first-order valence-electron chi connectivity index (χ1n) is 8.93. The fourth-order valence-corrected chi connectivity index (χ4v) is 3.41. The zero-order valence-corrected chi connectivity index (χ0v) is 14.7. The minimum Gasteiger partial charge on any atom is -0.483 e. The molecule has 1 heterocycles. The summed E-state index contributed by atoms with van der Waals surface area (Å²) in [6.07, 6.45) is 2.51. The van der Waals surface area contributed by atoms with Crippen LogP contribution in [0.1, 0.15) is 30.9 Å². The van der Waals surface area contributed by atoms with Gasteiger partial charge >= 0.3 is 0 Å².